The molecule has 1 nitrogen and oxygen atoms in total. The van der Waals surface area contributed by atoms with Crippen LogP contribution in [0.2, 0.25) is 0 Å². The third-order valence-electron chi connectivity index (χ3n) is 2.74. The van der Waals surface area contributed by atoms with Crippen molar-refractivity contribution in [3.05, 3.63) is 35.6 Å². The van der Waals surface area contributed by atoms with Crippen LogP contribution in [0.25, 0.3) is 0 Å². The number of hydrogen-bond donors (Lipinski definition) is 0. The smallest absolute Gasteiger partial charge is 0.123 e. The van der Waals surface area contributed by atoms with E-state index in [4.69, 9.17) is 0 Å². The minimum absolute atomic E-state index is 0.139. The molecule has 0 N–H and O–H groups in total. The van der Waals surface area contributed by atoms with Crippen LogP contribution in [0.15, 0.2) is 24.3 Å². The third kappa shape index (κ3) is 3.28. The van der Waals surface area contributed by atoms with Gasteiger partial charge in [0.2, 0.25) is 0 Å². The highest BCUT2D eigenvalue weighted by molar-refractivity contribution is 9.09. The zero-order chi connectivity index (χ0) is 10.7. The number of rotatable bonds is 2. The lowest BCUT2D eigenvalue weighted by atomic mass is 10.1. The quantitative estimate of drug-likeness (QED) is 0.747. The summed E-state index contributed by atoms with van der Waals surface area (Å²) in [6, 6.07) is 6.88. The van der Waals surface area contributed by atoms with Crippen molar-refractivity contribution in [1.29, 1.82) is 0 Å². The van der Waals surface area contributed by atoms with Gasteiger partial charge < -0.3 is 0 Å². The van der Waals surface area contributed by atoms with E-state index >= 15 is 0 Å². The number of alkyl halides is 1. The Morgan fingerprint density at radius 3 is 3.07 bits per heavy atom. The third-order valence-corrected chi connectivity index (χ3v) is 3.49. The Labute approximate surface area is 98.4 Å². The van der Waals surface area contributed by atoms with Crippen molar-refractivity contribution in [2.24, 2.45) is 0 Å². The van der Waals surface area contributed by atoms with E-state index in [1.165, 1.54) is 18.9 Å². The van der Waals surface area contributed by atoms with E-state index in [1.54, 1.807) is 12.1 Å². The molecular weight excluding hydrogens is 257 g/mol. The van der Waals surface area contributed by atoms with Gasteiger partial charge >= 0.3 is 0 Å². The van der Waals surface area contributed by atoms with Crippen molar-refractivity contribution in [2.45, 2.75) is 24.2 Å². The first-order valence-electron chi connectivity index (χ1n) is 5.35. The Morgan fingerprint density at radius 2 is 2.33 bits per heavy atom. The summed E-state index contributed by atoms with van der Waals surface area (Å²) in [4.78, 5) is 2.97. The predicted octanol–water partition coefficient (Wildman–Crippen LogP) is 3.19. The van der Waals surface area contributed by atoms with E-state index in [1.807, 2.05) is 6.07 Å². The van der Waals surface area contributed by atoms with Crippen LogP contribution < -0.4 is 0 Å². The van der Waals surface area contributed by atoms with Gasteiger partial charge in [-0.25, -0.2) is 4.39 Å². The summed E-state index contributed by atoms with van der Waals surface area (Å²) in [6.07, 6.45) is 2.48. The van der Waals surface area contributed by atoms with Gasteiger partial charge in [-0.1, -0.05) is 28.1 Å². The largest absolute Gasteiger partial charge is 0.298 e. The van der Waals surface area contributed by atoms with Crippen LogP contribution in [0.1, 0.15) is 18.4 Å². The number of piperidine rings is 1. The summed E-state index contributed by atoms with van der Waals surface area (Å²) < 4.78 is 13.0. The molecule has 0 spiro atoms. The Morgan fingerprint density at radius 1 is 1.47 bits per heavy atom. The van der Waals surface area contributed by atoms with E-state index in [0.717, 1.165) is 25.2 Å². The van der Waals surface area contributed by atoms with Gasteiger partial charge in [-0.2, -0.15) is 0 Å². The lowest BCUT2D eigenvalue weighted by Gasteiger charge is -2.29. The highest BCUT2D eigenvalue weighted by Gasteiger charge is 2.17. The molecule has 1 aliphatic rings. The Balaban J connectivity index is 1.96. The molecule has 1 aromatic carbocycles. The van der Waals surface area contributed by atoms with E-state index in [2.05, 4.69) is 20.8 Å². The summed E-state index contributed by atoms with van der Waals surface area (Å²) in [5.74, 6) is -0.139. The number of benzene rings is 1. The van der Waals surface area contributed by atoms with Crippen LogP contribution in [0.5, 0.6) is 0 Å². The van der Waals surface area contributed by atoms with E-state index in [9.17, 15) is 4.39 Å². The molecule has 15 heavy (non-hydrogen) atoms. The van der Waals surface area contributed by atoms with Crippen molar-refractivity contribution < 1.29 is 4.39 Å². The maximum absolute atomic E-state index is 13.0. The monoisotopic (exact) mass is 271 g/mol. The van der Waals surface area contributed by atoms with Crippen molar-refractivity contribution >= 4 is 15.9 Å². The topological polar surface area (TPSA) is 3.24 Å². The van der Waals surface area contributed by atoms with Gasteiger partial charge in [0.25, 0.3) is 0 Å². The average Bonchev–Trinajstić information content (AvgIpc) is 2.17. The van der Waals surface area contributed by atoms with Gasteiger partial charge in [-0.05, 0) is 37.1 Å². The van der Waals surface area contributed by atoms with Crippen LogP contribution in [-0.2, 0) is 6.54 Å². The summed E-state index contributed by atoms with van der Waals surface area (Å²) in [7, 11) is 0. The summed E-state index contributed by atoms with van der Waals surface area (Å²) >= 11 is 3.64. The minimum atomic E-state index is -0.139. The first kappa shape index (κ1) is 11.1. The number of nitrogens with zero attached hydrogens (tertiary/aromatic N) is 1. The molecule has 1 heterocycles. The van der Waals surface area contributed by atoms with Crippen molar-refractivity contribution in [1.82, 2.24) is 4.90 Å². The van der Waals surface area contributed by atoms with E-state index in [0.29, 0.717) is 4.83 Å². The van der Waals surface area contributed by atoms with Crippen LogP contribution in [0.3, 0.4) is 0 Å². The second-order valence-corrected chi connectivity index (χ2v) is 5.40. The van der Waals surface area contributed by atoms with Gasteiger partial charge in [-0.15, -0.1) is 0 Å². The molecule has 0 bridgehead atoms. The molecule has 2 rings (SSSR count). The second kappa shape index (κ2) is 5.08. The number of hydrogen-bond acceptors (Lipinski definition) is 1. The lowest BCUT2D eigenvalue weighted by molar-refractivity contribution is 0.227. The Kier molecular flexibility index (Phi) is 3.76. The molecule has 1 fully saturated rings. The van der Waals surface area contributed by atoms with Crippen LogP contribution >= 0.6 is 15.9 Å². The molecule has 0 aromatic heterocycles. The molecule has 82 valence electrons. The minimum Gasteiger partial charge on any atom is -0.298 e. The van der Waals surface area contributed by atoms with Gasteiger partial charge in [0.15, 0.2) is 0 Å². The molecule has 0 radical (unpaired) electrons. The molecular formula is C12H15BrFN. The molecule has 1 atom stereocenters. The zero-order valence-electron chi connectivity index (χ0n) is 8.63. The molecule has 1 saturated heterocycles. The maximum atomic E-state index is 13.0. The number of likely N-dealkylation sites (tertiary alicyclic amines) is 1. The first-order chi connectivity index (χ1) is 7.24. The fraction of sp³-hybridized carbons (Fsp3) is 0.500. The van der Waals surface area contributed by atoms with E-state index in [-0.39, 0.29) is 5.82 Å². The molecule has 0 aliphatic carbocycles. The standard InChI is InChI=1S/C12H15BrFN/c13-11-4-2-6-15(9-11)8-10-3-1-5-12(14)7-10/h1,3,5,7,11H,2,4,6,8-9H2. The molecule has 0 amide bonds. The van der Waals surface area contributed by atoms with Gasteiger partial charge in [-0.3, -0.25) is 4.90 Å². The predicted molar refractivity (Wildman–Crippen MR) is 63.6 cm³/mol. The summed E-state index contributed by atoms with van der Waals surface area (Å²) in [5.41, 5.74) is 1.07. The SMILES string of the molecule is Fc1cccc(CN2CCCC(Br)C2)c1. The van der Waals surface area contributed by atoms with E-state index < -0.39 is 0 Å². The van der Waals surface area contributed by atoms with Crippen LogP contribution in [-0.4, -0.2) is 22.8 Å². The first-order valence-corrected chi connectivity index (χ1v) is 6.26. The van der Waals surface area contributed by atoms with Crippen LogP contribution in [0, 0.1) is 5.82 Å². The fourth-order valence-electron chi connectivity index (χ4n) is 2.04. The van der Waals surface area contributed by atoms with Gasteiger partial charge in [0.1, 0.15) is 5.82 Å². The van der Waals surface area contributed by atoms with Crippen molar-refractivity contribution in [3.63, 3.8) is 0 Å². The molecule has 1 aliphatic heterocycles. The summed E-state index contributed by atoms with van der Waals surface area (Å²) in [5, 5.41) is 0. The maximum Gasteiger partial charge on any atom is 0.123 e. The lowest BCUT2D eigenvalue weighted by Crippen LogP contribution is -2.35. The highest BCUT2D eigenvalue weighted by atomic mass is 79.9. The average molecular weight is 272 g/mol. The summed E-state index contributed by atoms with van der Waals surface area (Å²) in [6.45, 7) is 3.05. The van der Waals surface area contributed by atoms with Crippen molar-refractivity contribution in [3.8, 4) is 0 Å². The second-order valence-electron chi connectivity index (χ2n) is 4.10. The van der Waals surface area contributed by atoms with Crippen molar-refractivity contribution in [2.75, 3.05) is 13.1 Å². The highest BCUT2D eigenvalue weighted by Crippen LogP contribution is 2.18. The Hall–Kier alpha value is -0.410. The molecule has 1 aromatic rings. The normalized spacial score (nSPS) is 22.9. The zero-order valence-corrected chi connectivity index (χ0v) is 10.2. The number of halogens is 2. The fourth-order valence-corrected chi connectivity index (χ4v) is 2.77. The Bertz CT molecular complexity index is 329. The molecule has 1 unspecified atom stereocenters. The van der Waals surface area contributed by atoms with Gasteiger partial charge in [0, 0.05) is 17.9 Å². The van der Waals surface area contributed by atoms with Crippen LogP contribution in [0.4, 0.5) is 4.39 Å². The molecule has 3 heteroatoms. The van der Waals surface area contributed by atoms with Gasteiger partial charge in [0.05, 0.1) is 0 Å². The molecule has 0 saturated carbocycles.